The molecular formula is C18H22N4O3. The molecule has 7 heteroatoms. The number of anilines is 1. The van der Waals surface area contributed by atoms with Gasteiger partial charge in [-0.25, -0.2) is 4.68 Å². The predicted octanol–water partition coefficient (Wildman–Crippen LogP) is 1.05. The number of aromatic nitrogens is 2. The molecule has 7 nitrogen and oxygen atoms in total. The summed E-state index contributed by atoms with van der Waals surface area (Å²) in [5.41, 5.74) is 1.87. The lowest BCUT2D eigenvalue weighted by Crippen LogP contribution is -2.31. The fourth-order valence-electron chi connectivity index (χ4n) is 3.03. The third-order valence-electron chi connectivity index (χ3n) is 4.55. The summed E-state index contributed by atoms with van der Waals surface area (Å²) in [6.45, 7) is 3.97. The lowest BCUT2D eigenvalue weighted by molar-refractivity contribution is 0.0945. The first kappa shape index (κ1) is 17.0. The summed E-state index contributed by atoms with van der Waals surface area (Å²) in [5, 5.41) is 16.8. The Morgan fingerprint density at radius 1 is 1.40 bits per heavy atom. The smallest absolute Gasteiger partial charge is 0.268 e. The van der Waals surface area contributed by atoms with Crippen LogP contribution in [0.15, 0.2) is 35.3 Å². The predicted molar refractivity (Wildman–Crippen MR) is 95.0 cm³/mol. The first-order valence-corrected chi connectivity index (χ1v) is 8.30. The van der Waals surface area contributed by atoms with E-state index in [4.69, 9.17) is 0 Å². The molecule has 0 aliphatic carbocycles. The molecule has 0 unspecified atom stereocenters. The maximum absolute atomic E-state index is 12.2. The highest BCUT2D eigenvalue weighted by Crippen LogP contribution is 2.22. The number of nitrogens with zero attached hydrogens (tertiary/aromatic N) is 3. The van der Waals surface area contributed by atoms with Gasteiger partial charge in [-0.1, -0.05) is 6.07 Å². The first-order chi connectivity index (χ1) is 11.9. The van der Waals surface area contributed by atoms with Crippen LogP contribution < -0.4 is 15.8 Å². The zero-order chi connectivity index (χ0) is 18.0. The Balaban J connectivity index is 1.57. The van der Waals surface area contributed by atoms with Crippen molar-refractivity contribution in [3.05, 3.63) is 51.9 Å². The summed E-state index contributed by atoms with van der Waals surface area (Å²) in [6.07, 6.45) is 2.61. The van der Waals surface area contributed by atoms with Gasteiger partial charge in [0, 0.05) is 32.7 Å². The molecule has 1 aliphatic heterocycles. The molecule has 25 heavy (non-hydrogen) atoms. The van der Waals surface area contributed by atoms with Gasteiger partial charge >= 0.3 is 0 Å². The van der Waals surface area contributed by atoms with Crippen molar-refractivity contribution in [2.45, 2.75) is 13.3 Å². The average molecular weight is 342 g/mol. The second kappa shape index (κ2) is 6.96. The normalized spacial score (nSPS) is 16.9. The molecular weight excluding hydrogens is 320 g/mol. The van der Waals surface area contributed by atoms with Crippen molar-refractivity contribution in [1.82, 2.24) is 15.1 Å². The van der Waals surface area contributed by atoms with Gasteiger partial charge in [-0.2, -0.15) is 5.10 Å². The topological polar surface area (TPSA) is 87.5 Å². The number of hydrogen-bond acceptors (Lipinski definition) is 5. The Bertz CT molecular complexity index is 846. The largest absolute Gasteiger partial charge is 0.507 e. The van der Waals surface area contributed by atoms with Gasteiger partial charge in [-0.3, -0.25) is 9.59 Å². The van der Waals surface area contributed by atoms with Gasteiger partial charge in [0.05, 0.1) is 17.4 Å². The fourth-order valence-corrected chi connectivity index (χ4v) is 3.03. The lowest BCUT2D eigenvalue weighted by Gasteiger charge is -2.18. The van der Waals surface area contributed by atoms with E-state index in [9.17, 15) is 14.7 Å². The molecule has 1 fully saturated rings. The number of amides is 1. The number of aromatic hydroxyl groups is 1. The quantitative estimate of drug-likeness (QED) is 0.867. The van der Waals surface area contributed by atoms with Gasteiger partial charge in [0.15, 0.2) is 0 Å². The van der Waals surface area contributed by atoms with Gasteiger partial charge in [0.1, 0.15) is 5.75 Å². The minimum atomic E-state index is -0.272. The van der Waals surface area contributed by atoms with Gasteiger partial charge in [-0.15, -0.1) is 0 Å². The van der Waals surface area contributed by atoms with E-state index in [1.54, 1.807) is 37.5 Å². The lowest BCUT2D eigenvalue weighted by atomic mass is 10.1. The van der Waals surface area contributed by atoms with Crippen LogP contribution in [0.1, 0.15) is 22.3 Å². The maximum atomic E-state index is 12.2. The molecule has 2 N–H and O–H groups in total. The van der Waals surface area contributed by atoms with E-state index in [2.05, 4.69) is 15.3 Å². The van der Waals surface area contributed by atoms with Crippen molar-refractivity contribution >= 4 is 11.6 Å². The molecule has 1 saturated heterocycles. The van der Waals surface area contributed by atoms with E-state index in [0.717, 1.165) is 30.8 Å². The van der Waals surface area contributed by atoms with Gasteiger partial charge < -0.3 is 15.3 Å². The van der Waals surface area contributed by atoms with Crippen LogP contribution in [0.2, 0.25) is 0 Å². The van der Waals surface area contributed by atoms with E-state index < -0.39 is 0 Å². The Morgan fingerprint density at radius 2 is 2.20 bits per heavy atom. The van der Waals surface area contributed by atoms with Crippen molar-refractivity contribution < 1.29 is 9.90 Å². The molecule has 1 aliphatic rings. The van der Waals surface area contributed by atoms with Crippen LogP contribution >= 0.6 is 0 Å². The van der Waals surface area contributed by atoms with Gasteiger partial charge in [-0.05, 0) is 37.0 Å². The Labute approximate surface area is 145 Å². The number of carbonyl (C=O) groups is 1. The van der Waals surface area contributed by atoms with E-state index in [-0.39, 0.29) is 22.8 Å². The van der Waals surface area contributed by atoms with Crippen molar-refractivity contribution in [2.24, 2.45) is 13.0 Å². The van der Waals surface area contributed by atoms with Crippen molar-refractivity contribution in [3.8, 4) is 5.75 Å². The van der Waals surface area contributed by atoms with E-state index >= 15 is 0 Å². The molecule has 1 atom stereocenters. The third kappa shape index (κ3) is 3.81. The van der Waals surface area contributed by atoms with Crippen molar-refractivity contribution in [3.63, 3.8) is 0 Å². The SMILES string of the molecule is Cc1ccc(C(=O)NC[C@H]2CCN(c3cnn(C)c(=O)c3)C2)c(O)c1. The summed E-state index contributed by atoms with van der Waals surface area (Å²) in [6, 6.07) is 6.59. The monoisotopic (exact) mass is 342 g/mol. The van der Waals surface area contributed by atoms with Crippen LogP contribution in [0, 0.1) is 12.8 Å². The maximum Gasteiger partial charge on any atom is 0.268 e. The molecule has 2 aromatic rings. The minimum absolute atomic E-state index is 0.00301. The Morgan fingerprint density at radius 3 is 2.92 bits per heavy atom. The molecule has 0 saturated carbocycles. The van der Waals surface area contributed by atoms with Gasteiger partial charge in [0.2, 0.25) is 0 Å². The minimum Gasteiger partial charge on any atom is -0.507 e. The highest BCUT2D eigenvalue weighted by molar-refractivity contribution is 5.96. The van der Waals surface area contributed by atoms with Crippen LogP contribution in [0.25, 0.3) is 0 Å². The van der Waals surface area contributed by atoms with Crippen molar-refractivity contribution in [2.75, 3.05) is 24.5 Å². The zero-order valence-corrected chi connectivity index (χ0v) is 14.4. The summed E-state index contributed by atoms with van der Waals surface area (Å²) >= 11 is 0. The standard InChI is InChI=1S/C18H22N4O3/c1-12-3-4-15(16(23)7-12)18(25)19-9-13-5-6-22(11-13)14-8-17(24)21(2)20-10-14/h3-4,7-8,10,13,23H,5-6,9,11H2,1-2H3,(H,19,25)/t13-/m1/s1. The molecule has 132 valence electrons. The Kier molecular flexibility index (Phi) is 4.74. The molecule has 1 aromatic heterocycles. The van der Waals surface area contributed by atoms with Crippen LogP contribution in [-0.4, -0.2) is 40.4 Å². The highest BCUT2D eigenvalue weighted by Gasteiger charge is 2.24. The molecule has 1 aromatic carbocycles. The van der Waals surface area contributed by atoms with Crippen LogP contribution in [-0.2, 0) is 7.05 Å². The number of phenolic OH excluding ortho intramolecular Hbond substituents is 1. The van der Waals surface area contributed by atoms with Crippen LogP contribution in [0.5, 0.6) is 5.75 Å². The van der Waals surface area contributed by atoms with E-state index in [0.29, 0.717) is 12.5 Å². The molecule has 3 rings (SSSR count). The van der Waals surface area contributed by atoms with E-state index in [1.807, 2.05) is 6.92 Å². The second-order valence-electron chi connectivity index (χ2n) is 6.51. The number of carbonyl (C=O) groups excluding carboxylic acids is 1. The Hall–Kier alpha value is -2.83. The number of hydrogen-bond donors (Lipinski definition) is 2. The first-order valence-electron chi connectivity index (χ1n) is 8.30. The summed E-state index contributed by atoms with van der Waals surface area (Å²) < 4.78 is 1.30. The van der Waals surface area contributed by atoms with Crippen molar-refractivity contribution in [1.29, 1.82) is 0 Å². The van der Waals surface area contributed by atoms with Crippen LogP contribution in [0.4, 0.5) is 5.69 Å². The number of benzene rings is 1. The summed E-state index contributed by atoms with van der Waals surface area (Å²) in [5.74, 6) is 0.0172. The number of nitrogens with one attached hydrogen (secondary N) is 1. The summed E-state index contributed by atoms with van der Waals surface area (Å²) in [4.78, 5) is 26.0. The zero-order valence-electron chi connectivity index (χ0n) is 14.4. The van der Waals surface area contributed by atoms with Gasteiger partial charge in [0.25, 0.3) is 11.5 Å². The third-order valence-corrected chi connectivity index (χ3v) is 4.55. The highest BCUT2D eigenvalue weighted by atomic mass is 16.3. The number of rotatable bonds is 4. The molecule has 0 spiro atoms. The van der Waals surface area contributed by atoms with E-state index in [1.165, 1.54) is 4.68 Å². The fraction of sp³-hybridized carbons (Fsp3) is 0.389. The summed E-state index contributed by atoms with van der Waals surface area (Å²) in [7, 11) is 1.62. The van der Waals surface area contributed by atoms with Crippen LogP contribution in [0.3, 0.4) is 0 Å². The second-order valence-corrected chi connectivity index (χ2v) is 6.51. The number of phenols is 1. The molecule has 1 amide bonds. The molecule has 0 bridgehead atoms. The average Bonchev–Trinajstić information content (AvgIpc) is 3.04. The molecule has 2 heterocycles. The number of aryl methyl sites for hydroxylation is 2. The molecule has 0 radical (unpaired) electrons.